The van der Waals surface area contributed by atoms with Crippen LogP contribution in [0.25, 0.3) is 0 Å². The quantitative estimate of drug-likeness (QED) is 0.366. The molecule has 0 radical (unpaired) electrons. The van der Waals surface area contributed by atoms with Gasteiger partial charge >= 0.3 is 166 Å². The summed E-state index contributed by atoms with van der Waals surface area (Å²) in [6.07, 6.45) is 0.899. The topological polar surface area (TPSA) is 43.4 Å². The Balaban J connectivity index is 2.42. The average Bonchev–Trinajstić information content (AvgIpc) is 2.74. The summed E-state index contributed by atoms with van der Waals surface area (Å²) >= 11 is 0. The molecule has 0 saturated heterocycles. The Morgan fingerprint density at radius 3 is 1.36 bits per heavy atom. The number of hydrogen-bond donors (Lipinski definition) is 0. The Bertz CT molecular complexity index is 853. The zero-order valence-electron chi connectivity index (χ0n) is 16.2. The zero-order valence-corrected chi connectivity index (χ0v) is 17.1. The van der Waals surface area contributed by atoms with Gasteiger partial charge in [0.1, 0.15) is 0 Å². The third-order valence-electron chi connectivity index (χ3n) is 5.57. The van der Waals surface area contributed by atoms with Gasteiger partial charge < -0.3 is 0 Å². The first-order valence-electron chi connectivity index (χ1n) is 9.41. The van der Waals surface area contributed by atoms with E-state index in [2.05, 4.69) is 43.3 Å². The summed E-state index contributed by atoms with van der Waals surface area (Å²) in [5, 5.41) is 3.36. The number of rotatable bonds is 6. The van der Waals surface area contributed by atoms with Crippen LogP contribution in [-0.2, 0) is 14.3 Å². The molecule has 0 heterocycles. The predicted molar refractivity (Wildman–Crippen MR) is 117 cm³/mol. The van der Waals surface area contributed by atoms with Crippen LogP contribution in [0.4, 0.5) is 0 Å². The summed E-state index contributed by atoms with van der Waals surface area (Å²) in [5.41, 5.74) is 0. The van der Waals surface area contributed by atoms with E-state index in [-0.39, 0.29) is 6.16 Å². The van der Waals surface area contributed by atoms with Gasteiger partial charge in [0.25, 0.3) is 0 Å². The molecule has 0 amide bonds. The van der Waals surface area contributed by atoms with Gasteiger partial charge in [0.2, 0.25) is 0 Å². The Morgan fingerprint density at radius 1 is 0.714 bits per heavy atom. The fourth-order valence-corrected chi connectivity index (χ4v) is 10.3. The molecular formula is C24H25O3P. The molecular weight excluding hydrogens is 367 g/mol. The van der Waals surface area contributed by atoms with Crippen molar-refractivity contribution in [3.63, 3.8) is 0 Å². The average molecular weight is 392 g/mol. The Kier molecular flexibility index (Phi) is 5.76. The zero-order chi connectivity index (χ0) is 20.1. The fourth-order valence-electron chi connectivity index (χ4n) is 4.22. The molecule has 0 aliphatic rings. The van der Waals surface area contributed by atoms with Gasteiger partial charge in [-0.3, -0.25) is 0 Å². The molecule has 0 saturated carbocycles. The maximum absolute atomic E-state index is 12.9. The van der Waals surface area contributed by atoms with Crippen LogP contribution in [-0.4, -0.2) is 24.3 Å². The normalized spacial score (nSPS) is 12.6. The van der Waals surface area contributed by atoms with Crippen LogP contribution < -0.4 is 15.9 Å². The van der Waals surface area contributed by atoms with E-state index in [0.717, 1.165) is 22.1 Å². The molecule has 144 valence electrons. The van der Waals surface area contributed by atoms with Gasteiger partial charge in [-0.2, -0.15) is 0 Å². The summed E-state index contributed by atoms with van der Waals surface area (Å²) in [4.78, 5) is 24.5. The van der Waals surface area contributed by atoms with E-state index in [0.29, 0.717) is 0 Å². The van der Waals surface area contributed by atoms with Gasteiger partial charge in [0.15, 0.2) is 0 Å². The molecule has 28 heavy (non-hydrogen) atoms. The monoisotopic (exact) mass is 392 g/mol. The SMILES string of the molecule is CCP(CC(=O)OC(C)=O)(c1ccccc1)(c1ccccc1)c1ccccc1. The second-order valence-corrected chi connectivity index (χ2v) is 12.5. The molecule has 0 N–H and O–H groups in total. The summed E-state index contributed by atoms with van der Waals surface area (Å²) in [7, 11) is 0. The van der Waals surface area contributed by atoms with Crippen molar-refractivity contribution >= 4 is 34.5 Å². The first kappa shape index (κ1) is 20.0. The molecule has 0 bridgehead atoms. The summed E-state index contributed by atoms with van der Waals surface area (Å²) in [6.45, 7) is 0.181. The van der Waals surface area contributed by atoms with Crippen molar-refractivity contribution in [2.24, 2.45) is 0 Å². The Labute approximate surface area is 166 Å². The van der Waals surface area contributed by atoms with Crippen molar-refractivity contribution in [2.45, 2.75) is 13.8 Å². The van der Waals surface area contributed by atoms with Crippen LogP contribution in [0.15, 0.2) is 91.0 Å². The van der Waals surface area contributed by atoms with Crippen LogP contribution in [0.5, 0.6) is 0 Å². The second-order valence-electron chi connectivity index (χ2n) is 6.95. The number of benzene rings is 3. The maximum atomic E-state index is 12.9. The summed E-state index contributed by atoms with van der Waals surface area (Å²) in [6, 6.07) is 30.6. The minimum absolute atomic E-state index is 0.152. The summed E-state index contributed by atoms with van der Waals surface area (Å²) in [5.74, 6) is -1.06. The third kappa shape index (κ3) is 3.27. The van der Waals surface area contributed by atoms with E-state index >= 15 is 0 Å². The van der Waals surface area contributed by atoms with Crippen LogP contribution in [0.1, 0.15) is 13.8 Å². The molecule has 0 spiro atoms. The number of ether oxygens (including phenoxy) is 1. The van der Waals surface area contributed by atoms with Crippen molar-refractivity contribution in [2.75, 3.05) is 12.3 Å². The van der Waals surface area contributed by atoms with Crippen molar-refractivity contribution in [1.82, 2.24) is 0 Å². The Morgan fingerprint density at radius 2 is 1.07 bits per heavy atom. The molecule has 3 nitrogen and oxygen atoms in total. The van der Waals surface area contributed by atoms with Crippen LogP contribution >= 0.6 is 6.60 Å². The van der Waals surface area contributed by atoms with Gasteiger partial charge in [0, 0.05) is 0 Å². The molecule has 3 rings (SSSR count). The molecule has 0 aromatic heterocycles. The number of carbonyl (C=O) groups excluding carboxylic acids is 2. The van der Waals surface area contributed by atoms with E-state index in [9.17, 15) is 9.59 Å². The predicted octanol–water partition coefficient (Wildman–Crippen LogP) is 3.63. The fraction of sp³-hybridized carbons (Fsp3) is 0.167. The number of carbonyl (C=O) groups is 2. The van der Waals surface area contributed by atoms with E-state index in [4.69, 9.17) is 4.74 Å². The van der Waals surface area contributed by atoms with Gasteiger partial charge in [-0.1, -0.05) is 0 Å². The van der Waals surface area contributed by atoms with Crippen molar-refractivity contribution in [3.05, 3.63) is 91.0 Å². The molecule has 0 aliphatic heterocycles. The molecule has 0 aliphatic carbocycles. The standard InChI is InChI=1S/C24H25O3P/c1-3-28(19-24(26)27-20(2)25,21-13-7-4-8-14-21,22-15-9-5-10-16-22)23-17-11-6-12-18-23/h4-18H,3,19H2,1-2H3. The summed E-state index contributed by atoms with van der Waals surface area (Å²) < 4.78 is 5.05. The van der Waals surface area contributed by atoms with Crippen molar-refractivity contribution < 1.29 is 14.3 Å². The van der Waals surface area contributed by atoms with Gasteiger partial charge in [-0.05, 0) is 0 Å². The molecule has 3 aromatic carbocycles. The van der Waals surface area contributed by atoms with Crippen molar-refractivity contribution in [1.29, 1.82) is 0 Å². The first-order chi connectivity index (χ1) is 13.5. The van der Waals surface area contributed by atoms with E-state index in [1.807, 2.05) is 54.6 Å². The molecule has 3 aromatic rings. The van der Waals surface area contributed by atoms with E-state index in [1.165, 1.54) is 6.92 Å². The molecule has 0 unspecified atom stereocenters. The van der Waals surface area contributed by atoms with Gasteiger partial charge in [-0.15, -0.1) is 0 Å². The van der Waals surface area contributed by atoms with Crippen LogP contribution in [0, 0.1) is 0 Å². The Hall–Kier alpha value is -2.77. The van der Waals surface area contributed by atoms with Crippen molar-refractivity contribution in [3.8, 4) is 0 Å². The van der Waals surface area contributed by atoms with E-state index in [1.54, 1.807) is 0 Å². The minimum atomic E-state index is -3.22. The number of esters is 2. The van der Waals surface area contributed by atoms with Gasteiger partial charge in [-0.25, -0.2) is 0 Å². The number of hydrogen-bond acceptors (Lipinski definition) is 3. The molecule has 4 heteroatoms. The van der Waals surface area contributed by atoms with Gasteiger partial charge in [0.05, 0.1) is 0 Å². The molecule has 0 fully saturated rings. The third-order valence-corrected chi connectivity index (χ3v) is 12.6. The van der Waals surface area contributed by atoms with Crippen LogP contribution in [0.2, 0.25) is 0 Å². The second kappa shape index (κ2) is 8.08. The molecule has 0 atom stereocenters. The first-order valence-corrected chi connectivity index (χ1v) is 12.0. The van der Waals surface area contributed by atoms with Crippen LogP contribution in [0.3, 0.4) is 0 Å². The van der Waals surface area contributed by atoms with E-state index < -0.39 is 18.5 Å².